The summed E-state index contributed by atoms with van der Waals surface area (Å²) in [6.07, 6.45) is 3.79. The summed E-state index contributed by atoms with van der Waals surface area (Å²) in [7, 11) is 0. The number of benzene rings is 3. The minimum atomic E-state index is -0.282. The molecule has 1 N–H and O–H groups in total. The molecule has 1 aromatic heterocycles. The Morgan fingerprint density at radius 3 is 2.27 bits per heavy atom. The van der Waals surface area contributed by atoms with Gasteiger partial charge in [-0.05, 0) is 73.2 Å². The van der Waals surface area contributed by atoms with Crippen LogP contribution in [0.15, 0.2) is 96.4 Å². The lowest BCUT2D eigenvalue weighted by Gasteiger charge is -2.11. The number of ether oxygens (including phenoxy) is 1. The fraction of sp³-hybridized carbons (Fsp3) is 0.0769. The van der Waals surface area contributed by atoms with Gasteiger partial charge in [-0.2, -0.15) is 5.10 Å². The van der Waals surface area contributed by atoms with Gasteiger partial charge in [0.05, 0.1) is 17.0 Å². The van der Waals surface area contributed by atoms with Gasteiger partial charge in [-0.25, -0.2) is 5.43 Å². The molecule has 33 heavy (non-hydrogen) atoms. The number of para-hydroxylation sites is 1. The van der Waals surface area contributed by atoms with E-state index in [1.165, 1.54) is 0 Å². The summed E-state index contributed by atoms with van der Waals surface area (Å²) in [6.45, 7) is 2.10. The zero-order chi connectivity index (χ0) is 23.2. The summed E-state index contributed by atoms with van der Waals surface area (Å²) in [5.74, 6) is 0.391. The number of carbonyl (C=O) groups excluding carboxylic acids is 1. The second-order valence-electron chi connectivity index (χ2n) is 7.26. The molecule has 0 saturated carbocycles. The number of hydrogen-bond donors (Lipinski definition) is 1. The second-order valence-corrected chi connectivity index (χ2v) is 8.07. The number of nitrogens with zero attached hydrogens (tertiary/aromatic N) is 2. The molecule has 0 spiro atoms. The molecule has 4 rings (SSSR count). The van der Waals surface area contributed by atoms with Crippen molar-refractivity contribution in [1.82, 2.24) is 9.99 Å². The van der Waals surface area contributed by atoms with Crippen LogP contribution in [0.4, 0.5) is 0 Å². The lowest BCUT2D eigenvalue weighted by molar-refractivity contribution is 0.0955. The van der Waals surface area contributed by atoms with Gasteiger partial charge < -0.3 is 9.30 Å². The van der Waals surface area contributed by atoms with E-state index in [1.807, 2.05) is 78.5 Å². The van der Waals surface area contributed by atoms with Gasteiger partial charge in [-0.15, -0.1) is 0 Å². The largest absolute Gasteiger partial charge is 0.489 e. The molecular weight excluding hydrogens is 457 g/mol. The predicted octanol–water partition coefficient (Wildman–Crippen LogP) is 6.52. The smallest absolute Gasteiger partial charge is 0.273 e. The Morgan fingerprint density at radius 1 is 0.909 bits per heavy atom. The van der Waals surface area contributed by atoms with Crippen LogP contribution in [0.25, 0.3) is 5.69 Å². The highest BCUT2D eigenvalue weighted by molar-refractivity contribution is 6.35. The molecule has 1 heterocycles. The van der Waals surface area contributed by atoms with Crippen LogP contribution in [0.2, 0.25) is 10.0 Å². The van der Waals surface area contributed by atoms with Crippen molar-refractivity contribution in [2.75, 3.05) is 0 Å². The van der Waals surface area contributed by atoms with Crippen molar-refractivity contribution in [3.05, 3.63) is 118 Å². The zero-order valence-corrected chi connectivity index (χ0v) is 19.3. The minimum Gasteiger partial charge on any atom is -0.489 e. The van der Waals surface area contributed by atoms with Gasteiger partial charge in [0.25, 0.3) is 5.91 Å². The Hall–Kier alpha value is -3.54. The topological polar surface area (TPSA) is 55.6 Å². The van der Waals surface area contributed by atoms with Crippen molar-refractivity contribution in [1.29, 1.82) is 0 Å². The summed E-state index contributed by atoms with van der Waals surface area (Å²) in [5.41, 5.74) is 6.24. The number of aromatic nitrogens is 1. The summed E-state index contributed by atoms with van der Waals surface area (Å²) >= 11 is 12.4. The first kappa shape index (κ1) is 22.6. The molecule has 0 aliphatic carbocycles. The quantitative estimate of drug-likeness (QED) is 0.243. The number of hydrazone groups is 1. The lowest BCUT2D eigenvalue weighted by Crippen LogP contribution is -2.21. The Bertz CT molecular complexity index is 1260. The van der Waals surface area contributed by atoms with E-state index in [0.717, 1.165) is 16.8 Å². The van der Waals surface area contributed by atoms with Crippen molar-refractivity contribution in [3.8, 4) is 11.4 Å². The Kier molecular flexibility index (Phi) is 7.13. The highest BCUT2D eigenvalue weighted by Crippen LogP contribution is 2.26. The van der Waals surface area contributed by atoms with Gasteiger partial charge in [0, 0.05) is 28.0 Å². The predicted molar refractivity (Wildman–Crippen MR) is 133 cm³/mol. The molecule has 7 heteroatoms. The van der Waals surface area contributed by atoms with Crippen molar-refractivity contribution in [2.45, 2.75) is 13.5 Å². The molecule has 0 fully saturated rings. The number of halogens is 2. The molecule has 0 unspecified atom stereocenters. The van der Waals surface area contributed by atoms with Gasteiger partial charge in [0.1, 0.15) is 12.4 Å². The van der Waals surface area contributed by atoms with Gasteiger partial charge in [-0.1, -0.05) is 41.4 Å². The molecule has 0 atom stereocenters. The van der Waals surface area contributed by atoms with Crippen LogP contribution < -0.4 is 10.2 Å². The number of hydrogen-bond acceptors (Lipinski definition) is 3. The highest BCUT2D eigenvalue weighted by atomic mass is 35.5. The van der Waals surface area contributed by atoms with Crippen LogP contribution in [0, 0.1) is 0 Å². The Morgan fingerprint density at radius 2 is 1.58 bits per heavy atom. The van der Waals surface area contributed by atoms with Crippen molar-refractivity contribution in [2.24, 2.45) is 5.10 Å². The fourth-order valence-electron chi connectivity index (χ4n) is 3.26. The van der Waals surface area contributed by atoms with E-state index >= 15 is 0 Å². The summed E-state index contributed by atoms with van der Waals surface area (Å²) in [6, 6.07) is 24.0. The summed E-state index contributed by atoms with van der Waals surface area (Å²) < 4.78 is 7.70. The van der Waals surface area contributed by atoms with Crippen LogP contribution in [0.1, 0.15) is 28.4 Å². The maximum Gasteiger partial charge on any atom is 0.273 e. The molecule has 5 nitrogen and oxygen atoms in total. The normalized spacial score (nSPS) is 11.3. The first-order valence-corrected chi connectivity index (χ1v) is 11.0. The molecule has 0 aliphatic heterocycles. The SMILES string of the molecule is C/C(=N\NC(=O)c1ccccc1-n1cccc1)c1ccc(OCc2c(Cl)cccc2Cl)cc1. The standard InChI is InChI=1S/C26H21Cl2N3O2/c1-18(29-30-26(32)21-7-2-3-10-25(21)31-15-4-5-16-31)19-11-13-20(14-12-19)33-17-22-23(27)8-6-9-24(22)28/h2-16H,17H2,1H3,(H,30,32)/b29-18+. The second kappa shape index (κ2) is 10.4. The van der Waals surface area contributed by atoms with Crippen LogP contribution in [0.3, 0.4) is 0 Å². The molecule has 3 aromatic carbocycles. The molecule has 0 saturated heterocycles. The Labute approximate surface area is 202 Å². The third kappa shape index (κ3) is 5.45. The van der Waals surface area contributed by atoms with E-state index in [2.05, 4.69) is 10.5 Å². The first-order valence-electron chi connectivity index (χ1n) is 10.3. The number of carbonyl (C=O) groups is 1. The lowest BCUT2D eigenvalue weighted by atomic mass is 10.1. The average molecular weight is 478 g/mol. The van der Waals surface area contributed by atoms with Crippen LogP contribution in [-0.2, 0) is 6.61 Å². The maximum absolute atomic E-state index is 12.8. The van der Waals surface area contributed by atoms with Crippen molar-refractivity contribution < 1.29 is 9.53 Å². The molecule has 4 aromatic rings. The van der Waals surface area contributed by atoms with Crippen molar-refractivity contribution >= 4 is 34.8 Å². The van der Waals surface area contributed by atoms with E-state index in [4.69, 9.17) is 27.9 Å². The fourth-order valence-corrected chi connectivity index (χ4v) is 3.77. The molecule has 0 radical (unpaired) electrons. The summed E-state index contributed by atoms with van der Waals surface area (Å²) in [4.78, 5) is 12.8. The van der Waals surface area contributed by atoms with Gasteiger partial charge in [0.2, 0.25) is 0 Å². The first-order chi connectivity index (χ1) is 16.0. The van der Waals surface area contributed by atoms with Gasteiger partial charge in [-0.3, -0.25) is 4.79 Å². The Balaban J connectivity index is 1.41. The van der Waals surface area contributed by atoms with Gasteiger partial charge in [0.15, 0.2) is 0 Å². The third-order valence-electron chi connectivity index (χ3n) is 5.07. The van der Waals surface area contributed by atoms with Crippen LogP contribution in [-0.4, -0.2) is 16.2 Å². The van der Waals surface area contributed by atoms with E-state index in [-0.39, 0.29) is 12.5 Å². The monoisotopic (exact) mass is 477 g/mol. The molecule has 166 valence electrons. The number of amides is 1. The number of nitrogens with one attached hydrogen (secondary N) is 1. The maximum atomic E-state index is 12.8. The average Bonchev–Trinajstić information content (AvgIpc) is 3.37. The highest BCUT2D eigenvalue weighted by Gasteiger charge is 2.12. The molecule has 0 bridgehead atoms. The zero-order valence-electron chi connectivity index (χ0n) is 17.8. The molecule has 0 aliphatic rings. The number of rotatable bonds is 7. The van der Waals surface area contributed by atoms with Gasteiger partial charge >= 0.3 is 0 Å². The van der Waals surface area contributed by atoms with Crippen LogP contribution in [0.5, 0.6) is 5.75 Å². The van der Waals surface area contributed by atoms with E-state index in [9.17, 15) is 4.79 Å². The molecule has 1 amide bonds. The van der Waals surface area contributed by atoms with Crippen LogP contribution >= 0.6 is 23.2 Å². The minimum absolute atomic E-state index is 0.266. The van der Waals surface area contributed by atoms with E-state index in [1.54, 1.807) is 24.3 Å². The van der Waals surface area contributed by atoms with Crippen molar-refractivity contribution in [3.63, 3.8) is 0 Å². The summed E-state index contributed by atoms with van der Waals surface area (Å²) in [5, 5.41) is 5.40. The van der Waals surface area contributed by atoms with E-state index < -0.39 is 0 Å². The third-order valence-corrected chi connectivity index (χ3v) is 5.78. The molecular formula is C26H21Cl2N3O2. The van der Waals surface area contributed by atoms with E-state index in [0.29, 0.717) is 27.1 Å².